The Kier molecular flexibility index (Phi) is 8.03. The molecule has 2 fully saturated rings. The Morgan fingerprint density at radius 2 is 1.75 bits per heavy atom. The summed E-state index contributed by atoms with van der Waals surface area (Å²) in [5.74, 6) is -1.16. The second kappa shape index (κ2) is 11.4. The number of allylic oxidation sites excluding steroid dienone is 5. The van der Waals surface area contributed by atoms with Crippen molar-refractivity contribution in [1.82, 2.24) is 0 Å². The van der Waals surface area contributed by atoms with Crippen molar-refractivity contribution < 1.29 is 33.3 Å². The molecule has 8 heteroatoms. The van der Waals surface area contributed by atoms with Gasteiger partial charge in [-0.15, -0.1) is 0 Å². The Bertz CT molecular complexity index is 1840. The molecular weight excluding hydrogens is 606 g/mol. The van der Waals surface area contributed by atoms with Crippen LogP contribution in [0.1, 0.15) is 108 Å². The summed E-state index contributed by atoms with van der Waals surface area (Å²) in [6, 6.07) is 2.32. The van der Waals surface area contributed by atoms with Gasteiger partial charge in [0, 0.05) is 40.5 Å². The zero-order valence-corrected chi connectivity index (χ0v) is 29.5. The highest BCUT2D eigenvalue weighted by molar-refractivity contribution is 6.19. The van der Waals surface area contributed by atoms with Crippen LogP contribution in [0.4, 0.5) is 0 Å². The van der Waals surface area contributed by atoms with Gasteiger partial charge < -0.3 is 18.9 Å². The molecule has 4 bridgehead atoms. The van der Waals surface area contributed by atoms with Crippen molar-refractivity contribution in [2.24, 2.45) is 11.8 Å². The molecular formula is C40H45NO7. The molecule has 5 atom stereocenters. The first-order valence-corrected chi connectivity index (χ1v) is 16.8. The molecule has 48 heavy (non-hydrogen) atoms. The van der Waals surface area contributed by atoms with Crippen molar-refractivity contribution >= 4 is 23.6 Å². The maximum Gasteiger partial charge on any atom is 0.333 e. The number of ether oxygens (including phenoxy) is 4. The van der Waals surface area contributed by atoms with Crippen molar-refractivity contribution in [1.29, 1.82) is 5.26 Å². The summed E-state index contributed by atoms with van der Waals surface area (Å²) in [7, 11) is 1.31. The molecule has 1 aromatic carbocycles. The second-order valence-electron chi connectivity index (χ2n) is 15.1. The minimum Gasteiger partial charge on any atom is -0.482 e. The van der Waals surface area contributed by atoms with Crippen LogP contribution in [0.15, 0.2) is 52.7 Å². The number of hydrogen-bond acceptors (Lipinski definition) is 8. The first-order valence-electron chi connectivity index (χ1n) is 16.8. The molecule has 7 rings (SSSR count). The number of methoxy groups -OCH3 is 1. The van der Waals surface area contributed by atoms with Crippen LogP contribution in [-0.2, 0) is 25.5 Å². The lowest BCUT2D eigenvalue weighted by atomic mass is 9.51. The minimum atomic E-state index is -1.58. The molecule has 3 aliphatic carbocycles. The molecule has 0 aromatic heterocycles. The lowest BCUT2D eigenvalue weighted by Gasteiger charge is -2.56. The van der Waals surface area contributed by atoms with Crippen molar-refractivity contribution in [2.75, 3.05) is 7.11 Å². The third-order valence-corrected chi connectivity index (χ3v) is 10.8. The maximum absolute atomic E-state index is 15.0. The molecule has 1 spiro atoms. The van der Waals surface area contributed by atoms with Crippen LogP contribution in [0.5, 0.6) is 11.5 Å². The molecule has 252 valence electrons. The average molecular weight is 652 g/mol. The monoisotopic (exact) mass is 651 g/mol. The molecule has 1 saturated heterocycles. The van der Waals surface area contributed by atoms with E-state index in [1.165, 1.54) is 12.7 Å². The standard InChI is InChI=1S/C40H45NO7/c1-22(2)11-10-16-38(8)17-15-26-28(21-41)31-32(42)29-19-25-20-30-37(6,7)48-39(35(25)43,18-14-24(5)36(44)45-9)40(29,30)47-34(31)27(33(26)46-38)13-12-23(3)4/h11-12,14-15,17,19,25,30H,10,13,16,18,20H2,1-9H3/b24-14-. The number of ketones is 2. The lowest BCUT2D eigenvalue weighted by Crippen LogP contribution is -2.72. The first kappa shape index (κ1) is 33.7. The highest BCUT2D eigenvalue weighted by Crippen LogP contribution is 2.68. The molecule has 3 heterocycles. The van der Waals surface area contributed by atoms with Gasteiger partial charge in [0.05, 0.1) is 23.8 Å². The molecule has 8 nitrogen and oxygen atoms in total. The summed E-state index contributed by atoms with van der Waals surface area (Å²) >= 11 is 0. The largest absolute Gasteiger partial charge is 0.482 e. The summed E-state index contributed by atoms with van der Waals surface area (Å²) in [5, 5.41) is 10.6. The molecule has 6 aliphatic rings. The summed E-state index contributed by atoms with van der Waals surface area (Å²) in [6.45, 7) is 15.7. The smallest absolute Gasteiger partial charge is 0.333 e. The Balaban J connectivity index is 1.61. The fraction of sp³-hybridized carbons (Fsp3) is 0.500. The molecule has 3 aliphatic heterocycles. The molecule has 0 radical (unpaired) electrons. The predicted molar refractivity (Wildman–Crippen MR) is 182 cm³/mol. The van der Waals surface area contributed by atoms with E-state index in [1.807, 2.05) is 46.8 Å². The van der Waals surface area contributed by atoms with E-state index in [-0.39, 0.29) is 40.8 Å². The Morgan fingerprint density at radius 3 is 2.40 bits per heavy atom. The van der Waals surface area contributed by atoms with Gasteiger partial charge in [-0.05, 0) is 93.2 Å². The fourth-order valence-corrected chi connectivity index (χ4v) is 8.47. The van der Waals surface area contributed by atoms with Crippen molar-refractivity contribution in [2.45, 2.75) is 110 Å². The third-order valence-electron chi connectivity index (χ3n) is 10.8. The number of esters is 1. The Hall–Kier alpha value is -4.22. The zero-order valence-electron chi connectivity index (χ0n) is 29.5. The number of nitriles is 1. The number of fused-ring (bicyclic) bond motifs is 2. The van der Waals surface area contributed by atoms with E-state index in [0.29, 0.717) is 47.3 Å². The van der Waals surface area contributed by atoms with Crippen LogP contribution in [0, 0.1) is 23.2 Å². The van der Waals surface area contributed by atoms with Gasteiger partial charge >= 0.3 is 5.97 Å². The van der Waals surface area contributed by atoms with Gasteiger partial charge in [-0.3, -0.25) is 9.59 Å². The molecule has 0 N–H and O–H groups in total. The van der Waals surface area contributed by atoms with E-state index in [9.17, 15) is 19.6 Å². The van der Waals surface area contributed by atoms with Crippen molar-refractivity contribution in [3.63, 3.8) is 0 Å². The predicted octanol–water partition coefficient (Wildman–Crippen LogP) is 7.49. The maximum atomic E-state index is 15.0. The third kappa shape index (κ3) is 4.76. The number of benzene rings is 1. The number of Topliss-reactive ketones (excluding diaryl/α,β-unsaturated/α-hetero) is 2. The average Bonchev–Trinajstić information content (AvgIpc) is 3.18. The fourth-order valence-electron chi connectivity index (χ4n) is 8.47. The topological polar surface area (TPSA) is 112 Å². The highest BCUT2D eigenvalue weighted by Gasteiger charge is 2.81. The summed E-state index contributed by atoms with van der Waals surface area (Å²) in [6.07, 6.45) is 13.9. The minimum absolute atomic E-state index is 0.0180. The summed E-state index contributed by atoms with van der Waals surface area (Å²) in [4.78, 5) is 41.8. The van der Waals surface area contributed by atoms with Crippen molar-refractivity contribution in [3.8, 4) is 17.6 Å². The Morgan fingerprint density at radius 1 is 1.04 bits per heavy atom. The molecule has 5 unspecified atom stereocenters. The molecule has 1 saturated carbocycles. The van der Waals surface area contributed by atoms with Crippen LogP contribution in [0.25, 0.3) is 6.08 Å². The van der Waals surface area contributed by atoms with E-state index in [2.05, 4.69) is 32.1 Å². The van der Waals surface area contributed by atoms with E-state index >= 15 is 0 Å². The van der Waals surface area contributed by atoms with E-state index in [1.54, 1.807) is 19.1 Å². The quantitative estimate of drug-likeness (QED) is 0.161. The second-order valence-corrected chi connectivity index (χ2v) is 15.1. The van der Waals surface area contributed by atoms with Crippen LogP contribution in [0.2, 0.25) is 0 Å². The van der Waals surface area contributed by atoms with Gasteiger partial charge in [0.1, 0.15) is 23.2 Å². The molecule has 0 amide bonds. The highest BCUT2D eigenvalue weighted by atomic mass is 16.6. The van der Waals surface area contributed by atoms with E-state index in [4.69, 9.17) is 18.9 Å². The van der Waals surface area contributed by atoms with Gasteiger partial charge in [-0.25, -0.2) is 4.79 Å². The SMILES string of the molecule is COC(=O)/C(C)=C\CC12OC(C)(C)C3CC(C=C4C(=O)c5c(C#N)c6c(c(CC=C(C)C)c5OC431)OC(C)(CCC=C(C)C)C=C6)C2=O. The van der Waals surface area contributed by atoms with Gasteiger partial charge in [0.2, 0.25) is 0 Å². The molecule has 1 aromatic rings. The van der Waals surface area contributed by atoms with Crippen LogP contribution in [0.3, 0.4) is 0 Å². The number of hydrogen-bond donors (Lipinski definition) is 0. The lowest BCUT2D eigenvalue weighted by molar-refractivity contribution is -0.171. The van der Waals surface area contributed by atoms with Gasteiger partial charge in [0.25, 0.3) is 0 Å². The zero-order chi connectivity index (χ0) is 35.0. The number of carbonyl (C=O) groups excluding carboxylic acids is 3. The summed E-state index contributed by atoms with van der Waals surface area (Å²) < 4.78 is 25.8. The normalized spacial score (nSPS) is 30.2. The number of nitrogens with zero attached hydrogens (tertiary/aromatic N) is 1. The first-order chi connectivity index (χ1) is 22.6. The van der Waals surface area contributed by atoms with Crippen LogP contribution < -0.4 is 9.47 Å². The number of carbonyl (C=O) groups is 3. The summed E-state index contributed by atoms with van der Waals surface area (Å²) in [5.41, 5.74) is 0.0176. The van der Waals surface area contributed by atoms with Gasteiger partial charge in [-0.1, -0.05) is 35.5 Å². The van der Waals surface area contributed by atoms with E-state index < -0.39 is 34.3 Å². The number of rotatable bonds is 8. The van der Waals surface area contributed by atoms with Crippen molar-refractivity contribution in [3.05, 3.63) is 74.9 Å². The van der Waals surface area contributed by atoms with Gasteiger partial charge in [-0.2, -0.15) is 5.26 Å². The van der Waals surface area contributed by atoms with Crippen LogP contribution >= 0.6 is 0 Å². The van der Waals surface area contributed by atoms with Crippen LogP contribution in [-0.4, -0.2) is 47.0 Å². The van der Waals surface area contributed by atoms with Gasteiger partial charge in [0.15, 0.2) is 22.8 Å². The van der Waals surface area contributed by atoms with E-state index in [0.717, 1.165) is 12.0 Å². The Labute approximate surface area is 283 Å².